The summed E-state index contributed by atoms with van der Waals surface area (Å²) in [5.41, 5.74) is 4.10. The van der Waals surface area contributed by atoms with E-state index in [-0.39, 0.29) is 22.4 Å². The number of Topliss-reactive ketones (excluding diaryl/α,β-unsaturated/α-hetero) is 2. The second kappa shape index (κ2) is 6.81. The first kappa shape index (κ1) is 20.9. The summed E-state index contributed by atoms with van der Waals surface area (Å²) in [4.78, 5) is 28.7. The Bertz CT molecular complexity index is 926. The summed E-state index contributed by atoms with van der Waals surface area (Å²) in [5.74, 6) is -0.334. The van der Waals surface area contributed by atoms with Crippen LogP contribution in [0.15, 0.2) is 46.8 Å². The zero-order valence-electron chi connectivity index (χ0n) is 18.9. The maximum Gasteiger partial charge on any atom is 0.162 e. The van der Waals surface area contributed by atoms with Gasteiger partial charge in [0.05, 0.1) is 11.4 Å². The smallest absolute Gasteiger partial charge is 0.162 e. The number of carbonyl (C=O) groups is 2. The molecule has 2 aliphatic carbocycles. The molecule has 30 heavy (non-hydrogen) atoms. The van der Waals surface area contributed by atoms with Gasteiger partial charge in [0.2, 0.25) is 0 Å². The highest BCUT2D eigenvalue weighted by Crippen LogP contribution is 2.53. The Morgan fingerprint density at radius 3 is 1.67 bits per heavy atom. The fourth-order valence-electron chi connectivity index (χ4n) is 5.24. The summed E-state index contributed by atoms with van der Waals surface area (Å²) >= 11 is 0. The van der Waals surface area contributed by atoms with Gasteiger partial charge in [-0.05, 0) is 41.4 Å². The maximum absolute atomic E-state index is 13.3. The molecule has 0 amide bonds. The Labute approximate surface area is 179 Å². The molecule has 0 spiro atoms. The number of benzene rings is 1. The fourth-order valence-corrected chi connectivity index (χ4v) is 5.24. The molecule has 0 saturated carbocycles. The minimum absolute atomic E-state index is 0.0335. The predicted octanol–water partition coefficient (Wildman–Crippen LogP) is 4.83. The Morgan fingerprint density at radius 2 is 1.27 bits per heavy atom. The van der Waals surface area contributed by atoms with Crippen molar-refractivity contribution in [2.24, 2.45) is 10.8 Å². The highest BCUT2D eigenvalue weighted by atomic mass is 16.5. The number of rotatable bonds is 2. The highest BCUT2D eigenvalue weighted by Gasteiger charge is 2.48. The number of anilines is 1. The van der Waals surface area contributed by atoms with Crippen molar-refractivity contribution in [3.63, 3.8) is 0 Å². The minimum atomic E-state index is -0.401. The van der Waals surface area contributed by atoms with Crippen molar-refractivity contribution in [3.05, 3.63) is 52.4 Å². The third-order valence-corrected chi connectivity index (χ3v) is 6.62. The summed E-state index contributed by atoms with van der Waals surface area (Å²) < 4.78 is 0. The molecular formula is C25H32N2O3. The molecule has 1 aromatic rings. The molecule has 0 atom stereocenters. The third-order valence-electron chi connectivity index (χ3n) is 6.62. The SMILES string of the molecule is CN(C)c1ccc(C2C3=C(CC(C)(C)CC3=O)N(O)C3=C2C(=O)CC(C)(C)C3)cc1. The largest absolute Gasteiger partial charge is 0.378 e. The minimum Gasteiger partial charge on any atom is -0.378 e. The van der Waals surface area contributed by atoms with Gasteiger partial charge in [-0.15, -0.1) is 0 Å². The number of hydrogen-bond donors (Lipinski definition) is 1. The number of hydroxylamine groups is 2. The van der Waals surface area contributed by atoms with Gasteiger partial charge in [0.15, 0.2) is 11.6 Å². The van der Waals surface area contributed by atoms with Gasteiger partial charge < -0.3 is 4.90 Å². The van der Waals surface area contributed by atoms with Gasteiger partial charge in [0, 0.05) is 49.7 Å². The van der Waals surface area contributed by atoms with Crippen LogP contribution in [0.1, 0.15) is 64.9 Å². The fraction of sp³-hybridized carbons (Fsp3) is 0.520. The molecule has 5 heteroatoms. The van der Waals surface area contributed by atoms with Gasteiger partial charge in [0.1, 0.15) is 0 Å². The van der Waals surface area contributed by atoms with Gasteiger partial charge in [-0.1, -0.05) is 39.8 Å². The summed E-state index contributed by atoms with van der Waals surface area (Å²) in [6.45, 7) is 8.24. The zero-order chi connectivity index (χ0) is 22.0. The molecule has 0 fully saturated rings. The number of nitrogens with zero attached hydrogens (tertiary/aromatic N) is 2. The second-order valence-corrected chi connectivity index (χ2v) is 10.8. The van der Waals surface area contributed by atoms with Crippen LogP contribution in [0.3, 0.4) is 0 Å². The molecule has 0 bridgehead atoms. The molecule has 1 N–H and O–H groups in total. The monoisotopic (exact) mass is 408 g/mol. The van der Waals surface area contributed by atoms with Crippen molar-refractivity contribution in [2.45, 2.75) is 59.3 Å². The van der Waals surface area contributed by atoms with Crippen LogP contribution in [0, 0.1) is 10.8 Å². The molecule has 1 aromatic carbocycles. The van der Waals surface area contributed by atoms with E-state index in [1.54, 1.807) is 0 Å². The van der Waals surface area contributed by atoms with Crippen LogP contribution in [0.5, 0.6) is 0 Å². The van der Waals surface area contributed by atoms with E-state index in [4.69, 9.17) is 0 Å². The highest BCUT2D eigenvalue weighted by molar-refractivity contribution is 6.06. The Kier molecular flexibility index (Phi) is 4.73. The van der Waals surface area contributed by atoms with E-state index in [1.807, 2.05) is 43.3 Å². The van der Waals surface area contributed by atoms with Crippen molar-refractivity contribution < 1.29 is 14.8 Å². The van der Waals surface area contributed by atoms with Gasteiger partial charge in [-0.2, -0.15) is 0 Å². The van der Waals surface area contributed by atoms with E-state index >= 15 is 0 Å². The van der Waals surface area contributed by atoms with Gasteiger partial charge in [-0.3, -0.25) is 14.8 Å². The average molecular weight is 409 g/mol. The predicted molar refractivity (Wildman–Crippen MR) is 117 cm³/mol. The molecule has 0 aromatic heterocycles. The number of ketones is 2. The normalized spacial score (nSPS) is 23.5. The van der Waals surface area contributed by atoms with Crippen molar-refractivity contribution in [2.75, 3.05) is 19.0 Å². The molecule has 0 radical (unpaired) electrons. The lowest BCUT2D eigenvalue weighted by atomic mass is 9.64. The molecule has 5 nitrogen and oxygen atoms in total. The van der Waals surface area contributed by atoms with Gasteiger partial charge in [0.25, 0.3) is 0 Å². The molecule has 4 rings (SSSR count). The van der Waals surface area contributed by atoms with E-state index in [0.717, 1.165) is 11.3 Å². The van der Waals surface area contributed by atoms with Crippen LogP contribution in [-0.2, 0) is 9.59 Å². The van der Waals surface area contributed by atoms with Gasteiger partial charge >= 0.3 is 0 Å². The Hall–Kier alpha value is -2.40. The van der Waals surface area contributed by atoms with Crippen LogP contribution >= 0.6 is 0 Å². The second-order valence-electron chi connectivity index (χ2n) is 10.8. The van der Waals surface area contributed by atoms with E-state index in [9.17, 15) is 14.8 Å². The first-order valence-corrected chi connectivity index (χ1v) is 10.7. The van der Waals surface area contributed by atoms with Gasteiger partial charge in [-0.25, -0.2) is 5.06 Å². The topological polar surface area (TPSA) is 60.9 Å². The Morgan fingerprint density at radius 1 is 0.833 bits per heavy atom. The summed E-state index contributed by atoms with van der Waals surface area (Å²) in [7, 11) is 3.97. The first-order valence-electron chi connectivity index (χ1n) is 10.7. The molecule has 1 heterocycles. The van der Waals surface area contributed by atoms with Crippen LogP contribution < -0.4 is 4.90 Å². The van der Waals surface area contributed by atoms with Crippen molar-refractivity contribution in [1.82, 2.24) is 5.06 Å². The zero-order valence-corrected chi connectivity index (χ0v) is 18.9. The van der Waals surface area contributed by atoms with Crippen molar-refractivity contribution in [1.29, 1.82) is 0 Å². The van der Waals surface area contributed by atoms with Crippen LogP contribution in [-0.4, -0.2) is 35.9 Å². The molecule has 3 aliphatic rings. The molecule has 160 valence electrons. The maximum atomic E-state index is 13.3. The van der Waals surface area contributed by atoms with E-state index in [2.05, 4.69) is 27.7 Å². The summed E-state index contributed by atoms with van der Waals surface area (Å²) in [5, 5.41) is 12.4. The molecule has 0 saturated heterocycles. The summed E-state index contributed by atoms with van der Waals surface area (Å²) in [6, 6.07) is 8.08. The van der Waals surface area contributed by atoms with Crippen LogP contribution in [0.2, 0.25) is 0 Å². The number of carbonyl (C=O) groups excluding carboxylic acids is 2. The third kappa shape index (κ3) is 3.39. The lowest BCUT2D eigenvalue weighted by Crippen LogP contribution is -2.43. The molecular weight excluding hydrogens is 376 g/mol. The first-order chi connectivity index (χ1) is 13.9. The van der Waals surface area contributed by atoms with Crippen LogP contribution in [0.25, 0.3) is 0 Å². The van der Waals surface area contributed by atoms with E-state index < -0.39 is 5.92 Å². The molecule has 1 aliphatic heterocycles. The lowest BCUT2D eigenvalue weighted by molar-refractivity contribution is -0.123. The Balaban J connectivity index is 1.92. The van der Waals surface area contributed by atoms with E-state index in [1.165, 1.54) is 5.06 Å². The van der Waals surface area contributed by atoms with Crippen molar-refractivity contribution in [3.8, 4) is 0 Å². The van der Waals surface area contributed by atoms with E-state index in [0.29, 0.717) is 48.2 Å². The van der Waals surface area contributed by atoms with Crippen molar-refractivity contribution >= 4 is 17.3 Å². The molecule has 0 unspecified atom stereocenters. The quantitative estimate of drug-likeness (QED) is 0.760. The average Bonchev–Trinajstić information content (AvgIpc) is 2.62. The van der Waals surface area contributed by atoms with Crippen LogP contribution in [0.4, 0.5) is 5.69 Å². The number of hydrogen-bond acceptors (Lipinski definition) is 5. The number of allylic oxidation sites excluding steroid dienone is 4. The standard InChI is InChI=1S/C25H32N2O3/c1-24(2)11-17-22(19(28)13-24)21(15-7-9-16(10-8-15)26(5)6)23-18(27(17)30)12-25(3,4)14-20(23)29/h7-10,21,30H,11-14H2,1-6H3. The lowest BCUT2D eigenvalue weighted by Gasteiger charge is -2.46. The summed E-state index contributed by atoms with van der Waals surface area (Å²) in [6.07, 6.45) is 2.08.